The molecule has 1 aromatic carbocycles. The third-order valence-corrected chi connectivity index (χ3v) is 5.41. The summed E-state index contributed by atoms with van der Waals surface area (Å²) in [7, 11) is 0. The number of nitrogens with one attached hydrogen (secondary N) is 1. The van der Waals surface area contributed by atoms with Gasteiger partial charge in [-0.15, -0.1) is 0 Å². The van der Waals surface area contributed by atoms with Crippen molar-refractivity contribution in [3.63, 3.8) is 0 Å². The van der Waals surface area contributed by atoms with Gasteiger partial charge in [-0.2, -0.15) is 13.2 Å². The number of pyridine rings is 1. The highest BCUT2D eigenvalue weighted by atomic mass is 35.5. The first-order valence-corrected chi connectivity index (χ1v) is 8.72. The molecule has 2 atom stereocenters. The standard InChI is InChI=1S/C18H14ClF4N3O/c19-13-7-15(14(20)6-12(13)18(21,22)23)25-17(27)26-10-1-2-16(26)11-3-4-24-8-9(11)5-10/h3-4,6-8,10,16H,1-2,5H2,(H,25,27)/t10-,16+/m0/s1. The zero-order chi connectivity index (χ0) is 19.3. The number of hydrogen-bond donors (Lipinski definition) is 1. The highest BCUT2D eigenvalue weighted by Gasteiger charge is 2.43. The molecule has 0 unspecified atom stereocenters. The Morgan fingerprint density at radius 2 is 2.07 bits per heavy atom. The molecule has 2 aliphatic rings. The molecule has 1 fully saturated rings. The molecule has 0 aliphatic carbocycles. The van der Waals surface area contributed by atoms with E-state index >= 15 is 0 Å². The number of aromatic nitrogens is 1. The maximum absolute atomic E-state index is 14.1. The number of nitrogens with zero attached hydrogens (tertiary/aromatic N) is 2. The highest BCUT2D eigenvalue weighted by Crippen LogP contribution is 2.44. The van der Waals surface area contributed by atoms with Crippen LogP contribution < -0.4 is 5.32 Å². The summed E-state index contributed by atoms with van der Waals surface area (Å²) >= 11 is 5.63. The van der Waals surface area contributed by atoms with Gasteiger partial charge in [0, 0.05) is 18.4 Å². The van der Waals surface area contributed by atoms with Gasteiger partial charge in [-0.05, 0) is 48.6 Å². The van der Waals surface area contributed by atoms with Crippen molar-refractivity contribution in [3.8, 4) is 0 Å². The second-order valence-corrected chi connectivity index (χ2v) is 7.08. The van der Waals surface area contributed by atoms with Gasteiger partial charge in [-0.1, -0.05) is 11.6 Å². The van der Waals surface area contributed by atoms with Crippen LogP contribution in [-0.2, 0) is 12.6 Å². The van der Waals surface area contributed by atoms with Crippen molar-refractivity contribution >= 4 is 23.3 Å². The highest BCUT2D eigenvalue weighted by molar-refractivity contribution is 6.31. The second kappa shape index (κ2) is 6.37. The number of alkyl halides is 3. The Bertz CT molecular complexity index is 918. The van der Waals surface area contributed by atoms with Gasteiger partial charge in [-0.3, -0.25) is 4.98 Å². The van der Waals surface area contributed by atoms with Crippen molar-refractivity contribution in [2.45, 2.75) is 37.5 Å². The molecule has 2 amide bonds. The fraction of sp³-hybridized carbons (Fsp3) is 0.333. The lowest BCUT2D eigenvalue weighted by Crippen LogP contribution is -2.44. The Balaban J connectivity index is 1.60. The van der Waals surface area contributed by atoms with Crippen LogP contribution >= 0.6 is 11.6 Å². The SMILES string of the molecule is O=C(Nc1cc(Cl)c(C(F)(F)F)cc1F)N1[C@H]2CC[C@@H]1c1ccncc1C2. The molecule has 1 saturated heterocycles. The number of anilines is 1. The lowest BCUT2D eigenvalue weighted by molar-refractivity contribution is -0.137. The number of urea groups is 1. The number of hydrogen-bond acceptors (Lipinski definition) is 2. The van der Waals surface area contributed by atoms with E-state index in [2.05, 4.69) is 10.3 Å². The van der Waals surface area contributed by atoms with Gasteiger partial charge >= 0.3 is 12.2 Å². The van der Waals surface area contributed by atoms with Gasteiger partial charge in [0.1, 0.15) is 5.82 Å². The van der Waals surface area contributed by atoms with Crippen molar-refractivity contribution in [2.24, 2.45) is 0 Å². The second-order valence-electron chi connectivity index (χ2n) is 6.67. The predicted molar refractivity (Wildman–Crippen MR) is 91.0 cm³/mol. The van der Waals surface area contributed by atoms with Crippen molar-refractivity contribution in [1.29, 1.82) is 0 Å². The Morgan fingerprint density at radius 1 is 1.30 bits per heavy atom. The molecular formula is C18H14ClF4N3O. The van der Waals surface area contributed by atoms with Crippen LogP contribution in [0.2, 0.25) is 5.02 Å². The topological polar surface area (TPSA) is 45.2 Å². The molecule has 4 nitrogen and oxygen atoms in total. The van der Waals surface area contributed by atoms with Crippen LogP contribution in [0.4, 0.5) is 28.0 Å². The zero-order valence-corrected chi connectivity index (χ0v) is 14.6. The molecular weight excluding hydrogens is 386 g/mol. The third-order valence-electron chi connectivity index (χ3n) is 5.10. The average Bonchev–Trinajstić information content (AvgIpc) is 2.92. The minimum Gasteiger partial charge on any atom is -0.314 e. The maximum Gasteiger partial charge on any atom is 0.417 e. The molecule has 0 radical (unpaired) electrons. The van der Waals surface area contributed by atoms with Gasteiger partial charge in [0.2, 0.25) is 0 Å². The minimum absolute atomic E-state index is 0.0559. The summed E-state index contributed by atoms with van der Waals surface area (Å²) in [6.45, 7) is 0. The van der Waals surface area contributed by atoms with Crippen LogP contribution in [0.15, 0.2) is 30.6 Å². The summed E-state index contributed by atoms with van der Waals surface area (Å²) in [5.41, 5.74) is 0.426. The van der Waals surface area contributed by atoms with Crippen molar-refractivity contribution in [3.05, 3.63) is 58.1 Å². The number of carbonyl (C=O) groups excluding carboxylic acids is 1. The molecule has 142 valence electrons. The van der Waals surface area contributed by atoms with Gasteiger partial charge in [0.05, 0.1) is 22.3 Å². The van der Waals surface area contributed by atoms with E-state index in [9.17, 15) is 22.4 Å². The molecule has 27 heavy (non-hydrogen) atoms. The molecule has 2 aliphatic heterocycles. The fourth-order valence-corrected chi connectivity index (χ4v) is 4.19. The van der Waals surface area contributed by atoms with Gasteiger partial charge in [0.25, 0.3) is 0 Å². The monoisotopic (exact) mass is 399 g/mol. The minimum atomic E-state index is -4.77. The first kappa shape index (κ1) is 18.0. The maximum atomic E-state index is 14.1. The van der Waals surface area contributed by atoms with E-state index in [-0.39, 0.29) is 17.8 Å². The largest absolute Gasteiger partial charge is 0.417 e. The van der Waals surface area contributed by atoms with Crippen LogP contribution in [0.5, 0.6) is 0 Å². The summed E-state index contributed by atoms with van der Waals surface area (Å²) in [4.78, 5) is 18.5. The van der Waals surface area contributed by atoms with Crippen LogP contribution in [0.1, 0.15) is 35.6 Å². The first-order chi connectivity index (χ1) is 12.8. The fourth-order valence-electron chi connectivity index (χ4n) is 3.92. The smallest absolute Gasteiger partial charge is 0.314 e. The van der Waals surface area contributed by atoms with Gasteiger partial charge in [0.15, 0.2) is 0 Å². The molecule has 9 heteroatoms. The summed E-state index contributed by atoms with van der Waals surface area (Å²) < 4.78 is 52.6. The molecule has 1 N–H and O–H groups in total. The normalized spacial score (nSPS) is 21.1. The Morgan fingerprint density at radius 3 is 2.81 bits per heavy atom. The summed E-state index contributed by atoms with van der Waals surface area (Å²) in [5.74, 6) is -1.19. The molecule has 4 rings (SSSR count). The van der Waals surface area contributed by atoms with E-state index in [1.165, 1.54) is 0 Å². The molecule has 2 bridgehead atoms. The Labute approximate surface area is 157 Å². The lowest BCUT2D eigenvalue weighted by atomic mass is 9.95. The van der Waals surface area contributed by atoms with E-state index < -0.39 is 28.6 Å². The quantitative estimate of drug-likeness (QED) is 0.671. The van der Waals surface area contributed by atoms with Crippen molar-refractivity contribution in [1.82, 2.24) is 9.88 Å². The number of amides is 2. The van der Waals surface area contributed by atoms with E-state index in [1.54, 1.807) is 17.3 Å². The van der Waals surface area contributed by atoms with Gasteiger partial charge in [-0.25, -0.2) is 9.18 Å². The zero-order valence-electron chi connectivity index (χ0n) is 13.9. The summed E-state index contributed by atoms with van der Waals surface area (Å²) in [6, 6.07) is 2.18. The Kier molecular flexibility index (Phi) is 4.25. The van der Waals surface area contributed by atoms with E-state index in [1.807, 2.05) is 6.07 Å². The lowest BCUT2D eigenvalue weighted by Gasteiger charge is -2.36. The molecule has 0 saturated carbocycles. The van der Waals surface area contributed by atoms with Crippen LogP contribution in [-0.4, -0.2) is 22.0 Å². The molecule has 3 heterocycles. The van der Waals surface area contributed by atoms with Crippen molar-refractivity contribution < 1.29 is 22.4 Å². The van der Waals surface area contributed by atoms with Crippen LogP contribution in [0.25, 0.3) is 0 Å². The first-order valence-electron chi connectivity index (χ1n) is 8.34. The number of carbonyl (C=O) groups is 1. The number of benzene rings is 1. The van der Waals surface area contributed by atoms with Gasteiger partial charge < -0.3 is 10.2 Å². The van der Waals surface area contributed by atoms with Crippen LogP contribution in [0.3, 0.4) is 0 Å². The molecule has 2 aromatic rings. The molecule has 0 spiro atoms. The van der Waals surface area contributed by atoms with Crippen molar-refractivity contribution in [2.75, 3.05) is 5.32 Å². The summed E-state index contributed by atoms with van der Waals surface area (Å²) in [5, 5.41) is 1.71. The van der Waals surface area contributed by atoms with E-state index in [4.69, 9.17) is 11.6 Å². The van der Waals surface area contributed by atoms with E-state index in [0.29, 0.717) is 12.5 Å². The predicted octanol–water partition coefficient (Wildman–Crippen LogP) is 5.19. The number of halogens is 5. The number of fused-ring (bicyclic) bond motifs is 4. The summed E-state index contributed by atoms with van der Waals surface area (Å²) in [6.07, 6.45) is 0.871. The van der Waals surface area contributed by atoms with Crippen LogP contribution in [0, 0.1) is 5.82 Å². The number of rotatable bonds is 1. The molecule has 1 aromatic heterocycles. The third kappa shape index (κ3) is 3.12. The Hall–Kier alpha value is -2.35. The average molecular weight is 400 g/mol. The van der Waals surface area contributed by atoms with E-state index in [0.717, 1.165) is 30.0 Å².